The number of benzene rings is 1. The highest BCUT2D eigenvalue weighted by Gasteiger charge is 2.46. The largest absolute Gasteiger partial charge is 0.497 e. The van der Waals surface area contributed by atoms with E-state index in [0.717, 1.165) is 49.8 Å². The average molecular weight is 303 g/mol. The van der Waals surface area contributed by atoms with E-state index in [1.54, 1.807) is 7.11 Å². The summed E-state index contributed by atoms with van der Waals surface area (Å²) >= 11 is 0. The van der Waals surface area contributed by atoms with Crippen LogP contribution in [0.25, 0.3) is 0 Å². The third kappa shape index (κ3) is 2.72. The van der Waals surface area contributed by atoms with Crippen LogP contribution >= 0.6 is 0 Å². The van der Waals surface area contributed by atoms with E-state index in [4.69, 9.17) is 4.74 Å². The molecule has 0 atom stereocenters. The summed E-state index contributed by atoms with van der Waals surface area (Å²) in [5.41, 5.74) is 0.569. The zero-order valence-corrected chi connectivity index (χ0v) is 13.2. The number of nitrogens with one attached hydrogen (secondary N) is 1. The molecule has 2 N–H and O–H groups in total. The topological polar surface area (TPSA) is 58.6 Å². The number of aliphatic hydroxyl groups excluding tert-OH is 1. The molecular formula is C18H25NO3. The van der Waals surface area contributed by atoms with Crippen LogP contribution in [0.2, 0.25) is 0 Å². The fourth-order valence-corrected chi connectivity index (χ4v) is 3.55. The number of ether oxygens (including phenoxy) is 1. The minimum Gasteiger partial charge on any atom is -0.497 e. The van der Waals surface area contributed by atoms with Gasteiger partial charge in [-0.15, -0.1) is 0 Å². The third-order valence-electron chi connectivity index (χ3n) is 5.43. The molecule has 0 aromatic heterocycles. The van der Waals surface area contributed by atoms with Gasteiger partial charge >= 0.3 is 0 Å². The SMILES string of the molecule is COc1cccc(C2(C(=O)NCC3(CO)CC3)CCCC2)c1. The van der Waals surface area contributed by atoms with Gasteiger partial charge in [0.25, 0.3) is 0 Å². The molecule has 0 bridgehead atoms. The van der Waals surface area contributed by atoms with E-state index in [1.807, 2.05) is 24.3 Å². The number of hydrogen-bond acceptors (Lipinski definition) is 3. The molecule has 3 rings (SSSR count). The fourth-order valence-electron chi connectivity index (χ4n) is 3.55. The first-order valence-electron chi connectivity index (χ1n) is 8.18. The summed E-state index contributed by atoms with van der Waals surface area (Å²) in [6, 6.07) is 7.89. The van der Waals surface area contributed by atoms with Crippen molar-refractivity contribution >= 4 is 5.91 Å². The molecule has 1 amide bonds. The quantitative estimate of drug-likeness (QED) is 0.848. The number of amides is 1. The fraction of sp³-hybridized carbons (Fsp3) is 0.611. The highest BCUT2D eigenvalue weighted by Crippen LogP contribution is 2.46. The van der Waals surface area contributed by atoms with E-state index in [2.05, 4.69) is 5.32 Å². The van der Waals surface area contributed by atoms with Crippen LogP contribution in [0.1, 0.15) is 44.1 Å². The number of methoxy groups -OCH3 is 1. The molecule has 2 aliphatic rings. The zero-order valence-electron chi connectivity index (χ0n) is 13.2. The van der Waals surface area contributed by atoms with Gasteiger partial charge in [0.1, 0.15) is 5.75 Å². The molecule has 0 heterocycles. The molecule has 22 heavy (non-hydrogen) atoms. The summed E-state index contributed by atoms with van der Waals surface area (Å²) in [4.78, 5) is 12.9. The lowest BCUT2D eigenvalue weighted by molar-refractivity contribution is -0.127. The summed E-state index contributed by atoms with van der Waals surface area (Å²) in [6.45, 7) is 0.757. The standard InChI is InChI=1S/C18H25NO3/c1-22-15-6-4-5-14(11-15)18(7-2-3-8-18)16(21)19-12-17(13-20)9-10-17/h4-6,11,20H,2-3,7-10,12-13H2,1H3,(H,19,21). The van der Waals surface area contributed by atoms with Crippen LogP contribution in [-0.2, 0) is 10.2 Å². The summed E-state index contributed by atoms with van der Waals surface area (Å²) in [6.07, 6.45) is 5.95. The Labute approximate surface area is 131 Å². The maximum atomic E-state index is 12.9. The highest BCUT2D eigenvalue weighted by molar-refractivity contribution is 5.88. The molecule has 0 saturated heterocycles. The molecule has 0 radical (unpaired) electrons. The predicted octanol–water partition coefficient (Wildman–Crippen LogP) is 2.40. The Hall–Kier alpha value is -1.55. The van der Waals surface area contributed by atoms with Crippen molar-refractivity contribution in [1.82, 2.24) is 5.32 Å². The second kappa shape index (κ2) is 5.92. The third-order valence-corrected chi connectivity index (χ3v) is 5.43. The highest BCUT2D eigenvalue weighted by atomic mass is 16.5. The van der Waals surface area contributed by atoms with Gasteiger partial charge in [-0.3, -0.25) is 4.79 Å². The van der Waals surface area contributed by atoms with Gasteiger partial charge in [-0.05, 0) is 43.4 Å². The van der Waals surface area contributed by atoms with Crippen LogP contribution in [0.15, 0.2) is 24.3 Å². The molecule has 0 spiro atoms. The van der Waals surface area contributed by atoms with Crippen molar-refractivity contribution in [3.8, 4) is 5.75 Å². The Balaban J connectivity index is 1.79. The summed E-state index contributed by atoms with van der Waals surface area (Å²) in [7, 11) is 1.65. The number of aliphatic hydroxyl groups is 1. The second-order valence-electron chi connectivity index (χ2n) is 6.86. The lowest BCUT2D eigenvalue weighted by Crippen LogP contribution is -2.45. The molecule has 2 fully saturated rings. The van der Waals surface area contributed by atoms with Crippen molar-refractivity contribution in [2.75, 3.05) is 20.3 Å². The van der Waals surface area contributed by atoms with E-state index in [0.29, 0.717) is 6.54 Å². The van der Waals surface area contributed by atoms with Gasteiger partial charge in [-0.25, -0.2) is 0 Å². The maximum absolute atomic E-state index is 12.9. The number of carbonyl (C=O) groups is 1. The molecule has 120 valence electrons. The Bertz CT molecular complexity index is 545. The zero-order chi connectivity index (χ0) is 15.6. The lowest BCUT2D eigenvalue weighted by atomic mass is 9.77. The van der Waals surface area contributed by atoms with Crippen LogP contribution in [0, 0.1) is 5.41 Å². The Morgan fingerprint density at radius 2 is 2.00 bits per heavy atom. The van der Waals surface area contributed by atoms with Crippen molar-refractivity contribution in [1.29, 1.82) is 0 Å². The first-order chi connectivity index (χ1) is 10.6. The van der Waals surface area contributed by atoms with Gasteiger partial charge < -0.3 is 15.2 Å². The van der Waals surface area contributed by atoms with Crippen LogP contribution in [0.3, 0.4) is 0 Å². The van der Waals surface area contributed by atoms with Crippen LogP contribution in [-0.4, -0.2) is 31.3 Å². The first kappa shape index (κ1) is 15.3. The van der Waals surface area contributed by atoms with Crippen LogP contribution < -0.4 is 10.1 Å². The second-order valence-corrected chi connectivity index (χ2v) is 6.86. The molecule has 4 heteroatoms. The van der Waals surface area contributed by atoms with Crippen molar-refractivity contribution in [2.45, 2.75) is 43.9 Å². The summed E-state index contributed by atoms with van der Waals surface area (Å²) in [5.74, 6) is 0.906. The predicted molar refractivity (Wildman–Crippen MR) is 84.9 cm³/mol. The maximum Gasteiger partial charge on any atom is 0.230 e. The molecule has 0 aliphatic heterocycles. The number of hydrogen-bond donors (Lipinski definition) is 2. The minimum atomic E-state index is -0.430. The average Bonchev–Trinajstić information content (AvgIpc) is 3.18. The molecule has 2 saturated carbocycles. The van der Waals surface area contributed by atoms with Gasteiger partial charge in [0.2, 0.25) is 5.91 Å². The molecule has 1 aromatic rings. The monoisotopic (exact) mass is 303 g/mol. The first-order valence-corrected chi connectivity index (χ1v) is 8.18. The number of carbonyl (C=O) groups excluding carboxylic acids is 1. The van der Waals surface area contributed by atoms with E-state index < -0.39 is 5.41 Å². The normalized spacial score (nSPS) is 21.4. The van der Waals surface area contributed by atoms with E-state index in [-0.39, 0.29) is 17.9 Å². The van der Waals surface area contributed by atoms with Crippen molar-refractivity contribution < 1.29 is 14.6 Å². The Morgan fingerprint density at radius 3 is 2.59 bits per heavy atom. The van der Waals surface area contributed by atoms with Gasteiger partial charge in [0.05, 0.1) is 19.1 Å². The smallest absolute Gasteiger partial charge is 0.230 e. The Kier molecular flexibility index (Phi) is 4.13. The number of rotatable bonds is 6. The molecule has 0 unspecified atom stereocenters. The Morgan fingerprint density at radius 1 is 1.27 bits per heavy atom. The van der Waals surface area contributed by atoms with Crippen LogP contribution in [0.4, 0.5) is 0 Å². The van der Waals surface area contributed by atoms with Crippen molar-refractivity contribution in [2.24, 2.45) is 5.41 Å². The van der Waals surface area contributed by atoms with Gasteiger partial charge in [0, 0.05) is 12.0 Å². The molecule has 1 aromatic carbocycles. The van der Waals surface area contributed by atoms with Gasteiger partial charge in [-0.2, -0.15) is 0 Å². The van der Waals surface area contributed by atoms with E-state index in [1.165, 1.54) is 0 Å². The van der Waals surface area contributed by atoms with Gasteiger partial charge in [-0.1, -0.05) is 25.0 Å². The molecule has 4 nitrogen and oxygen atoms in total. The lowest BCUT2D eigenvalue weighted by Gasteiger charge is -2.29. The summed E-state index contributed by atoms with van der Waals surface area (Å²) in [5, 5.41) is 12.5. The van der Waals surface area contributed by atoms with Crippen molar-refractivity contribution in [3.63, 3.8) is 0 Å². The van der Waals surface area contributed by atoms with E-state index >= 15 is 0 Å². The molecule has 2 aliphatic carbocycles. The van der Waals surface area contributed by atoms with Crippen molar-refractivity contribution in [3.05, 3.63) is 29.8 Å². The summed E-state index contributed by atoms with van der Waals surface area (Å²) < 4.78 is 5.32. The van der Waals surface area contributed by atoms with E-state index in [9.17, 15) is 9.90 Å². The van der Waals surface area contributed by atoms with Gasteiger partial charge in [0.15, 0.2) is 0 Å². The van der Waals surface area contributed by atoms with Crippen LogP contribution in [0.5, 0.6) is 5.75 Å². The minimum absolute atomic E-state index is 0.0518. The molecular weight excluding hydrogens is 278 g/mol.